The molecule has 494 valence electrons. The molecule has 3 N–H and O–H groups in total. The molecule has 1 aliphatic carbocycles. The molecule has 24 nitrogen and oxygen atoms in total. The Morgan fingerprint density at radius 3 is 1.83 bits per heavy atom. The number of carbonyl (C=O) groups is 2. The molecule has 0 radical (unpaired) electrons. The molecule has 3 aliphatic heterocycles. The van der Waals surface area contributed by atoms with Crippen molar-refractivity contribution in [3.63, 3.8) is 0 Å². The van der Waals surface area contributed by atoms with E-state index in [1.807, 2.05) is 41.8 Å². The lowest BCUT2D eigenvalue weighted by Crippen LogP contribution is -2.56. The first kappa shape index (κ1) is 72.7. The van der Waals surface area contributed by atoms with Crippen LogP contribution in [0.3, 0.4) is 0 Å². The second-order valence-corrected chi connectivity index (χ2v) is 23.6. The first-order valence-corrected chi connectivity index (χ1v) is 32.6. The van der Waals surface area contributed by atoms with Crippen LogP contribution in [0.25, 0.3) is 0 Å². The zero-order valence-electron chi connectivity index (χ0n) is 51.4. The van der Waals surface area contributed by atoms with E-state index in [0.717, 1.165) is 74.4 Å². The average Bonchev–Trinajstić information content (AvgIpc) is 3.40. The number of thioether (sulfide) groups is 1. The maximum absolute atomic E-state index is 12.1. The van der Waals surface area contributed by atoms with E-state index in [2.05, 4.69) is 56.3 Å². The molecule has 0 spiro atoms. The minimum absolute atomic E-state index is 0. The number of halogens is 2. The summed E-state index contributed by atoms with van der Waals surface area (Å²) < 4.78 is 77.7. The summed E-state index contributed by atoms with van der Waals surface area (Å²) in [7, 11) is 2.03. The number of hydrogen-bond donors (Lipinski definition) is 3. The van der Waals surface area contributed by atoms with Crippen LogP contribution in [0.15, 0.2) is 36.5 Å². The summed E-state index contributed by atoms with van der Waals surface area (Å²) in [6.07, 6.45) is 10.7. The summed E-state index contributed by atoms with van der Waals surface area (Å²) in [5, 5.41) is 23.4. The zero-order valence-corrected chi connectivity index (χ0v) is 53.8. The van der Waals surface area contributed by atoms with E-state index in [9.17, 15) is 9.59 Å². The molecule has 4 aliphatic rings. The number of aromatic nitrogens is 5. The lowest BCUT2D eigenvalue weighted by atomic mass is 9.82. The van der Waals surface area contributed by atoms with Crippen LogP contribution in [0.1, 0.15) is 79.9 Å². The number of benzene rings is 1. The molecule has 27 heteroatoms. The van der Waals surface area contributed by atoms with E-state index >= 15 is 0 Å². The minimum atomic E-state index is -0.0633. The number of rotatable bonds is 49. The smallest absolute Gasteiger partial charge is 0.315 e. The third-order valence-electron chi connectivity index (χ3n) is 15.5. The van der Waals surface area contributed by atoms with E-state index in [1.54, 1.807) is 4.68 Å². The highest BCUT2D eigenvalue weighted by atomic mass is 35.5. The average molecular weight is 1290 g/mol. The van der Waals surface area contributed by atoms with E-state index in [-0.39, 0.29) is 42.5 Å². The van der Waals surface area contributed by atoms with Crippen LogP contribution >= 0.6 is 35.8 Å². The fourth-order valence-corrected chi connectivity index (χ4v) is 12.5. The van der Waals surface area contributed by atoms with Gasteiger partial charge in [-0.1, -0.05) is 35.4 Å². The van der Waals surface area contributed by atoms with Crippen LogP contribution in [-0.2, 0) is 93.0 Å². The van der Waals surface area contributed by atoms with Crippen LogP contribution in [-0.4, -0.2) is 255 Å². The van der Waals surface area contributed by atoms with Crippen molar-refractivity contribution < 1.29 is 71.2 Å². The third-order valence-corrected chi connectivity index (χ3v) is 17.2. The van der Waals surface area contributed by atoms with Gasteiger partial charge in [-0.2, -0.15) is 16.9 Å². The lowest BCUT2D eigenvalue weighted by molar-refractivity contribution is -0.121. The molecule has 5 atom stereocenters. The normalized spacial score (nSPS) is 21.2. The van der Waals surface area contributed by atoms with Gasteiger partial charge in [-0.15, -0.1) is 17.5 Å². The Bertz CT molecular complexity index is 2260. The predicted molar refractivity (Wildman–Crippen MR) is 331 cm³/mol. The largest absolute Gasteiger partial charge is 0.377 e. The fraction of sp³-hybridized carbons (Fsp3) is 0.783. The maximum atomic E-state index is 12.1. The fourth-order valence-electron chi connectivity index (χ4n) is 10.8. The molecule has 5 heterocycles. The number of fused-ring (bicyclic) bond motifs is 1. The minimum Gasteiger partial charge on any atom is -0.377 e. The molecule has 3 aromatic rings. The van der Waals surface area contributed by atoms with Crippen molar-refractivity contribution in [2.24, 2.45) is 7.05 Å². The standard InChI is InChI=1S/C60H98ClN9O15S.ClH/c1-47-39-55(66-68(47)2)49-9-13-52(14-10-49)70-42-54(85-44-53(70)40-48-7-11-50(61)12-8-48)45-84-43-51-41-69(67-65-51)16-18-74-20-22-76-24-26-78-28-30-80-32-34-82-36-38-83-37-35-81-33-31-79-29-27-77-25-23-75-21-19-73-17-15-62-58(71)6-4-3-5-57-59-56(46-86-57)63-60(72)64-59;/h7-8,11-12,39,41,49,52-54,56-57,59H,3-6,9-10,13-38,40,42-46H2,1-2H3,(H,62,71)(H2,63,64,72);1H/t49?,52?,53-,54+,56-,57-,59-;/m0./s1. The Hall–Kier alpha value is -3.32. The number of aryl methyl sites for hydroxylation is 2. The number of urea groups is 1. The second-order valence-electron chi connectivity index (χ2n) is 21.9. The van der Waals surface area contributed by atoms with Gasteiger partial charge in [0.15, 0.2) is 0 Å². The first-order valence-electron chi connectivity index (χ1n) is 31.2. The third kappa shape index (κ3) is 29.2. The summed E-state index contributed by atoms with van der Waals surface area (Å²) in [4.78, 5) is 26.3. The summed E-state index contributed by atoms with van der Waals surface area (Å²) in [6, 6.07) is 11.6. The summed E-state index contributed by atoms with van der Waals surface area (Å²) in [5.74, 6) is 1.51. The van der Waals surface area contributed by atoms with Gasteiger partial charge >= 0.3 is 6.03 Å². The van der Waals surface area contributed by atoms with Crippen LogP contribution in [0.4, 0.5) is 4.79 Å². The van der Waals surface area contributed by atoms with Gasteiger partial charge in [0.05, 0.1) is 202 Å². The topological polar surface area (TPSA) is 242 Å². The molecular weight excluding hydrogens is 1190 g/mol. The Morgan fingerprint density at radius 2 is 1.28 bits per heavy atom. The number of carbonyl (C=O) groups excluding carboxylic acids is 2. The number of morpholine rings is 1. The van der Waals surface area contributed by atoms with Crippen molar-refractivity contribution in [3.8, 4) is 0 Å². The van der Waals surface area contributed by atoms with Gasteiger partial charge in [-0.25, -0.2) is 9.48 Å². The van der Waals surface area contributed by atoms with Gasteiger partial charge in [0.2, 0.25) is 5.91 Å². The van der Waals surface area contributed by atoms with Crippen molar-refractivity contribution in [2.75, 3.05) is 177 Å². The second kappa shape index (κ2) is 44.2. The Morgan fingerprint density at radius 1 is 0.724 bits per heavy atom. The monoisotopic (exact) mass is 1290 g/mol. The highest BCUT2D eigenvalue weighted by Crippen LogP contribution is 2.37. The van der Waals surface area contributed by atoms with Crippen molar-refractivity contribution in [3.05, 3.63) is 64.2 Å². The first-order chi connectivity index (χ1) is 42.3. The van der Waals surface area contributed by atoms with Gasteiger partial charge in [-0.3, -0.25) is 14.4 Å². The van der Waals surface area contributed by atoms with Crippen LogP contribution < -0.4 is 16.0 Å². The highest BCUT2D eigenvalue weighted by molar-refractivity contribution is 8.00. The zero-order chi connectivity index (χ0) is 60.1. The summed E-state index contributed by atoms with van der Waals surface area (Å²) >= 11 is 8.11. The summed E-state index contributed by atoms with van der Waals surface area (Å²) in [5.41, 5.74) is 4.48. The van der Waals surface area contributed by atoms with Crippen LogP contribution in [0.2, 0.25) is 5.02 Å². The number of amides is 3. The van der Waals surface area contributed by atoms with Crippen molar-refractivity contribution in [1.29, 1.82) is 0 Å². The van der Waals surface area contributed by atoms with Gasteiger partial charge in [-0.05, 0) is 75.6 Å². The number of nitrogens with zero attached hydrogens (tertiary/aromatic N) is 6. The maximum Gasteiger partial charge on any atom is 0.315 e. The molecular formula is C60H99Cl2N9O15S. The molecule has 3 saturated heterocycles. The van der Waals surface area contributed by atoms with Gasteiger partial charge < -0.3 is 77.5 Å². The summed E-state index contributed by atoms with van der Waals surface area (Å²) in [6.45, 7) is 16.0. The predicted octanol–water partition coefficient (Wildman–Crippen LogP) is 4.97. The molecule has 0 unspecified atom stereocenters. The SMILES string of the molecule is Cc1cc(C2CCC(N3C[C@H](COCc4cn(CCOCCOCCOCCOCCOCCOCCOCCOCCOCCOCCOCCNC(=O)CCCC[C@@H]5SC[C@@H]6NC(=O)N[C@@H]65)nn4)OC[C@@H]3Cc3ccc(Cl)cc3)CC2)nn1C.Cl. The van der Waals surface area contributed by atoms with Crippen LogP contribution in [0, 0.1) is 6.92 Å². The Balaban J connectivity index is 0.0000121. The lowest BCUT2D eigenvalue weighted by Gasteiger charge is -2.46. The molecule has 0 bridgehead atoms. The number of hydrogen-bond acceptors (Lipinski definition) is 20. The molecule has 3 amide bonds. The molecule has 87 heavy (non-hydrogen) atoms. The highest BCUT2D eigenvalue weighted by Gasteiger charge is 2.42. The van der Waals surface area contributed by atoms with E-state index in [0.29, 0.717) is 208 Å². The Kier molecular flexibility index (Phi) is 37.0. The number of nitrogens with one attached hydrogen (secondary N) is 3. The van der Waals surface area contributed by atoms with E-state index < -0.39 is 0 Å². The van der Waals surface area contributed by atoms with E-state index in [1.165, 1.54) is 17.0 Å². The van der Waals surface area contributed by atoms with Gasteiger partial charge in [0.1, 0.15) is 5.69 Å². The number of unbranched alkanes of at least 4 members (excludes halogenated alkanes) is 1. The van der Waals surface area contributed by atoms with Crippen molar-refractivity contribution >= 4 is 47.7 Å². The Labute approximate surface area is 530 Å². The molecule has 2 aromatic heterocycles. The molecule has 1 aromatic carbocycles. The molecule has 4 fully saturated rings. The van der Waals surface area contributed by atoms with Crippen molar-refractivity contribution in [1.82, 2.24) is 45.6 Å². The number of ether oxygens (including phenoxy) is 13. The molecule has 1 saturated carbocycles. The quantitative estimate of drug-likeness (QED) is 0.0499. The van der Waals surface area contributed by atoms with Crippen molar-refractivity contribution in [2.45, 2.75) is 119 Å². The molecule has 7 rings (SSSR count). The van der Waals surface area contributed by atoms with Gasteiger partial charge in [0, 0.05) is 66.3 Å². The van der Waals surface area contributed by atoms with Gasteiger partial charge in [0.25, 0.3) is 0 Å². The van der Waals surface area contributed by atoms with E-state index in [4.69, 9.17) is 78.3 Å². The van der Waals surface area contributed by atoms with Crippen LogP contribution in [0.5, 0.6) is 0 Å².